The topological polar surface area (TPSA) is 104 Å². The van der Waals surface area contributed by atoms with Crippen LogP contribution in [0.1, 0.15) is 47.2 Å². The van der Waals surface area contributed by atoms with Gasteiger partial charge in [-0.25, -0.2) is 0 Å². The average molecular weight is 543 g/mol. The first-order valence-corrected chi connectivity index (χ1v) is 14.2. The SMILES string of the molecule is C=C/C=C(\C=C/N)CN1CCC(C(=O)NC2CCN(Cc3cccc(C(=O)NCc4cccnc4)c3)CC2)CC1. The highest BCUT2D eigenvalue weighted by molar-refractivity contribution is 5.94. The molecular formula is C32H42N6O2. The summed E-state index contributed by atoms with van der Waals surface area (Å²) in [5.41, 5.74) is 9.45. The Kier molecular flexibility index (Phi) is 11.1. The van der Waals surface area contributed by atoms with Crippen LogP contribution in [-0.4, -0.2) is 65.4 Å². The Morgan fingerprint density at radius 3 is 2.48 bits per heavy atom. The van der Waals surface area contributed by atoms with Crippen molar-refractivity contribution in [3.63, 3.8) is 0 Å². The van der Waals surface area contributed by atoms with E-state index in [0.717, 1.165) is 81.7 Å². The predicted molar refractivity (Wildman–Crippen MR) is 159 cm³/mol. The summed E-state index contributed by atoms with van der Waals surface area (Å²) in [5, 5.41) is 6.30. The van der Waals surface area contributed by atoms with Crippen LogP contribution >= 0.6 is 0 Å². The molecule has 0 atom stereocenters. The van der Waals surface area contributed by atoms with Gasteiger partial charge in [-0.1, -0.05) is 36.9 Å². The van der Waals surface area contributed by atoms with Gasteiger partial charge in [0.2, 0.25) is 5.91 Å². The molecule has 0 radical (unpaired) electrons. The van der Waals surface area contributed by atoms with E-state index in [4.69, 9.17) is 5.73 Å². The minimum absolute atomic E-state index is 0.0817. The fourth-order valence-electron chi connectivity index (χ4n) is 5.46. The number of allylic oxidation sites excluding steroid dienone is 2. The average Bonchev–Trinajstić information content (AvgIpc) is 2.98. The van der Waals surface area contributed by atoms with Crippen LogP contribution in [0, 0.1) is 5.92 Å². The predicted octanol–water partition coefficient (Wildman–Crippen LogP) is 3.39. The molecule has 2 saturated heterocycles. The summed E-state index contributed by atoms with van der Waals surface area (Å²) < 4.78 is 0. The van der Waals surface area contributed by atoms with E-state index >= 15 is 0 Å². The van der Waals surface area contributed by atoms with Gasteiger partial charge in [-0.3, -0.25) is 24.4 Å². The second kappa shape index (κ2) is 15.1. The van der Waals surface area contributed by atoms with Crippen molar-refractivity contribution in [3.8, 4) is 0 Å². The zero-order valence-electron chi connectivity index (χ0n) is 23.3. The smallest absolute Gasteiger partial charge is 0.251 e. The number of nitrogens with zero attached hydrogens (tertiary/aromatic N) is 3. The highest BCUT2D eigenvalue weighted by atomic mass is 16.2. The quantitative estimate of drug-likeness (QED) is 0.376. The first-order chi connectivity index (χ1) is 19.5. The Morgan fingerprint density at radius 1 is 1.02 bits per heavy atom. The van der Waals surface area contributed by atoms with Gasteiger partial charge in [0.25, 0.3) is 5.91 Å². The van der Waals surface area contributed by atoms with Gasteiger partial charge in [-0.05, 0) is 85.9 Å². The summed E-state index contributed by atoms with van der Waals surface area (Å²) in [6, 6.07) is 11.9. The second-order valence-electron chi connectivity index (χ2n) is 10.7. The van der Waals surface area contributed by atoms with E-state index in [1.807, 2.05) is 42.5 Å². The largest absolute Gasteiger partial charge is 0.405 e. The number of pyridine rings is 1. The Hall–Kier alpha value is -3.75. The Bertz CT molecular complexity index is 1180. The minimum atomic E-state index is -0.0842. The summed E-state index contributed by atoms with van der Waals surface area (Å²) >= 11 is 0. The number of amides is 2. The van der Waals surface area contributed by atoms with Crippen molar-refractivity contribution in [2.45, 2.75) is 44.8 Å². The third-order valence-corrected chi connectivity index (χ3v) is 7.71. The summed E-state index contributed by atoms with van der Waals surface area (Å²) in [6.45, 7) is 9.51. The van der Waals surface area contributed by atoms with Gasteiger partial charge >= 0.3 is 0 Å². The number of benzene rings is 1. The van der Waals surface area contributed by atoms with Gasteiger partial charge in [0.05, 0.1) is 0 Å². The molecule has 0 bridgehead atoms. The number of carbonyl (C=O) groups is 2. The van der Waals surface area contributed by atoms with Gasteiger partial charge in [0.15, 0.2) is 0 Å². The highest BCUT2D eigenvalue weighted by Gasteiger charge is 2.28. The number of hydrogen-bond donors (Lipinski definition) is 3. The summed E-state index contributed by atoms with van der Waals surface area (Å²) in [5.74, 6) is 0.198. The third-order valence-electron chi connectivity index (χ3n) is 7.71. The maximum absolute atomic E-state index is 13.0. The number of rotatable bonds is 11. The minimum Gasteiger partial charge on any atom is -0.405 e. The van der Waals surface area contributed by atoms with Crippen molar-refractivity contribution < 1.29 is 9.59 Å². The van der Waals surface area contributed by atoms with E-state index in [2.05, 4.69) is 38.1 Å². The van der Waals surface area contributed by atoms with Crippen LogP contribution < -0.4 is 16.4 Å². The maximum Gasteiger partial charge on any atom is 0.251 e. The third kappa shape index (κ3) is 8.89. The Labute approximate surface area is 238 Å². The number of nitrogens with one attached hydrogen (secondary N) is 2. The number of piperidine rings is 2. The lowest BCUT2D eigenvalue weighted by Gasteiger charge is -2.35. The van der Waals surface area contributed by atoms with Crippen molar-refractivity contribution in [2.75, 3.05) is 32.7 Å². The number of hydrogen-bond acceptors (Lipinski definition) is 6. The van der Waals surface area contributed by atoms with E-state index in [-0.39, 0.29) is 23.8 Å². The second-order valence-corrected chi connectivity index (χ2v) is 10.7. The van der Waals surface area contributed by atoms with Crippen LogP contribution in [0.2, 0.25) is 0 Å². The number of carbonyl (C=O) groups excluding carboxylic acids is 2. The first-order valence-electron chi connectivity index (χ1n) is 14.2. The standard InChI is InChI=1S/C32H42N6O2/c1-2-5-25(9-14-33)23-37-16-10-28(11-17-37)32(40)36-30-12-18-38(19-13-30)24-26-6-3-8-29(20-26)31(39)35-22-27-7-4-15-34-21-27/h2-9,14-15,20-21,28,30H,1,10-13,16-19,22-24,33H2,(H,35,39)(H,36,40)/b14-9-,25-5+. The lowest BCUT2D eigenvalue weighted by atomic mass is 9.94. The van der Waals surface area contributed by atoms with Gasteiger partial charge in [0.1, 0.15) is 0 Å². The lowest BCUT2D eigenvalue weighted by Crippen LogP contribution is -2.48. The molecule has 2 fully saturated rings. The highest BCUT2D eigenvalue weighted by Crippen LogP contribution is 2.21. The molecule has 4 rings (SSSR count). The Morgan fingerprint density at radius 2 is 1.77 bits per heavy atom. The molecule has 8 heteroatoms. The molecule has 1 aromatic heterocycles. The molecule has 8 nitrogen and oxygen atoms in total. The van der Waals surface area contributed by atoms with Crippen molar-refractivity contribution >= 4 is 11.8 Å². The lowest BCUT2D eigenvalue weighted by molar-refractivity contribution is -0.127. The molecule has 2 aliphatic heterocycles. The molecule has 3 heterocycles. The van der Waals surface area contributed by atoms with Crippen molar-refractivity contribution in [1.29, 1.82) is 0 Å². The van der Waals surface area contributed by atoms with Crippen molar-refractivity contribution in [2.24, 2.45) is 11.7 Å². The number of nitrogens with two attached hydrogens (primary N) is 1. The molecule has 0 saturated carbocycles. The molecule has 2 aromatic rings. The number of aromatic nitrogens is 1. The molecule has 0 aliphatic carbocycles. The molecule has 40 heavy (non-hydrogen) atoms. The van der Waals surface area contributed by atoms with Crippen LogP contribution in [0.25, 0.3) is 0 Å². The van der Waals surface area contributed by atoms with Crippen molar-refractivity contribution in [3.05, 3.63) is 102 Å². The molecule has 212 valence electrons. The maximum atomic E-state index is 13.0. The normalized spacial score (nSPS) is 18.1. The van der Waals surface area contributed by atoms with Gasteiger partial charge in [-0.2, -0.15) is 0 Å². The molecular weight excluding hydrogens is 500 g/mol. The van der Waals surface area contributed by atoms with E-state index in [1.165, 1.54) is 0 Å². The Balaban J connectivity index is 1.17. The molecule has 4 N–H and O–H groups in total. The molecule has 0 unspecified atom stereocenters. The fraction of sp³-hybridized carbons (Fsp3) is 0.406. The summed E-state index contributed by atoms with van der Waals surface area (Å²) in [4.78, 5) is 34.5. The van der Waals surface area contributed by atoms with Crippen LogP contribution in [0.4, 0.5) is 0 Å². The van der Waals surface area contributed by atoms with Gasteiger partial charge in [0, 0.05) is 62.6 Å². The monoisotopic (exact) mass is 542 g/mol. The number of likely N-dealkylation sites (tertiary alicyclic amines) is 2. The molecule has 1 aromatic carbocycles. The van der Waals surface area contributed by atoms with Crippen LogP contribution in [0.3, 0.4) is 0 Å². The van der Waals surface area contributed by atoms with E-state index < -0.39 is 0 Å². The van der Waals surface area contributed by atoms with Gasteiger partial charge in [-0.15, -0.1) is 0 Å². The van der Waals surface area contributed by atoms with Crippen molar-refractivity contribution in [1.82, 2.24) is 25.4 Å². The molecule has 0 spiro atoms. The van der Waals surface area contributed by atoms with Crippen LogP contribution in [0.15, 0.2) is 85.4 Å². The van der Waals surface area contributed by atoms with Crippen LogP contribution in [0.5, 0.6) is 0 Å². The fourth-order valence-corrected chi connectivity index (χ4v) is 5.46. The van der Waals surface area contributed by atoms with E-state index in [1.54, 1.807) is 24.7 Å². The van der Waals surface area contributed by atoms with Crippen LogP contribution in [-0.2, 0) is 17.9 Å². The first kappa shape index (κ1) is 29.2. The molecule has 2 aliphatic rings. The summed E-state index contributed by atoms with van der Waals surface area (Å²) in [7, 11) is 0. The zero-order valence-corrected chi connectivity index (χ0v) is 23.3. The van der Waals surface area contributed by atoms with Gasteiger partial charge < -0.3 is 16.4 Å². The van der Waals surface area contributed by atoms with E-state index in [0.29, 0.717) is 12.1 Å². The zero-order chi connectivity index (χ0) is 28.2. The van der Waals surface area contributed by atoms with E-state index in [9.17, 15) is 9.59 Å². The molecule has 2 amide bonds. The summed E-state index contributed by atoms with van der Waals surface area (Å²) in [6.07, 6.45) is 14.3.